The molecule has 1 aliphatic rings. The first kappa shape index (κ1) is 20.8. The summed E-state index contributed by atoms with van der Waals surface area (Å²) in [5.74, 6) is -1.40. The van der Waals surface area contributed by atoms with Crippen LogP contribution in [0.4, 0.5) is 4.39 Å². The van der Waals surface area contributed by atoms with E-state index in [9.17, 15) is 14.0 Å². The number of amides is 1. The second-order valence-electron chi connectivity index (χ2n) is 7.33. The molecule has 154 valence electrons. The van der Waals surface area contributed by atoms with Crippen molar-refractivity contribution in [1.82, 2.24) is 5.32 Å². The van der Waals surface area contributed by atoms with Crippen LogP contribution in [0.15, 0.2) is 36.4 Å². The molecule has 2 aromatic rings. The van der Waals surface area contributed by atoms with Crippen molar-refractivity contribution < 1.29 is 23.5 Å². The van der Waals surface area contributed by atoms with E-state index < -0.39 is 11.8 Å². The summed E-state index contributed by atoms with van der Waals surface area (Å²) < 4.78 is 23.6. The number of ether oxygens (including phenoxy) is 2. The van der Waals surface area contributed by atoms with Crippen LogP contribution in [0.3, 0.4) is 0 Å². The second-order valence-corrected chi connectivity index (χ2v) is 7.33. The summed E-state index contributed by atoms with van der Waals surface area (Å²) in [4.78, 5) is 24.1. The first-order valence-electron chi connectivity index (χ1n) is 9.85. The van der Waals surface area contributed by atoms with Gasteiger partial charge in [-0.1, -0.05) is 24.3 Å². The molecule has 0 saturated carbocycles. The van der Waals surface area contributed by atoms with Crippen molar-refractivity contribution >= 4 is 11.9 Å². The molecule has 0 aliphatic heterocycles. The van der Waals surface area contributed by atoms with Crippen LogP contribution in [0.2, 0.25) is 0 Å². The molecule has 0 heterocycles. The fourth-order valence-electron chi connectivity index (χ4n) is 3.57. The minimum absolute atomic E-state index is 0.109. The van der Waals surface area contributed by atoms with E-state index in [4.69, 9.17) is 9.47 Å². The van der Waals surface area contributed by atoms with Crippen LogP contribution in [0.5, 0.6) is 5.75 Å². The van der Waals surface area contributed by atoms with Crippen molar-refractivity contribution in [3.05, 3.63) is 64.5 Å². The van der Waals surface area contributed by atoms with Crippen LogP contribution in [0.1, 0.15) is 48.1 Å². The fraction of sp³-hybridized carbons (Fsp3) is 0.391. The van der Waals surface area contributed by atoms with Crippen LogP contribution in [-0.2, 0) is 33.6 Å². The van der Waals surface area contributed by atoms with E-state index in [1.165, 1.54) is 43.2 Å². The average Bonchev–Trinajstić information content (AvgIpc) is 2.72. The third-order valence-electron chi connectivity index (χ3n) is 5.18. The third kappa shape index (κ3) is 5.56. The van der Waals surface area contributed by atoms with Gasteiger partial charge in [0, 0.05) is 0 Å². The first-order chi connectivity index (χ1) is 14.0. The molecule has 1 N–H and O–H groups in total. The Morgan fingerprint density at radius 2 is 1.86 bits per heavy atom. The zero-order valence-electron chi connectivity index (χ0n) is 16.8. The highest BCUT2D eigenvalue weighted by Gasteiger charge is 2.16. The Kier molecular flexibility index (Phi) is 6.86. The van der Waals surface area contributed by atoms with E-state index in [0.717, 1.165) is 18.4 Å². The monoisotopic (exact) mass is 399 g/mol. The molecule has 0 saturated heterocycles. The molecule has 6 heteroatoms. The number of fused-ring (bicyclic) bond motifs is 1. The van der Waals surface area contributed by atoms with Gasteiger partial charge in [-0.05, 0) is 67.0 Å². The number of aryl methyl sites for hydroxylation is 2. The summed E-state index contributed by atoms with van der Waals surface area (Å²) in [7, 11) is 1.37. The van der Waals surface area contributed by atoms with Gasteiger partial charge in [0.05, 0.1) is 19.6 Å². The Bertz CT molecular complexity index is 896. The number of methoxy groups -OCH3 is 1. The van der Waals surface area contributed by atoms with E-state index in [1.54, 1.807) is 6.07 Å². The number of carbonyl (C=O) groups excluding carboxylic acids is 2. The van der Waals surface area contributed by atoms with Crippen molar-refractivity contribution in [3.63, 3.8) is 0 Å². The van der Waals surface area contributed by atoms with E-state index in [2.05, 4.69) is 17.4 Å². The highest BCUT2D eigenvalue weighted by Crippen LogP contribution is 2.24. The van der Waals surface area contributed by atoms with E-state index >= 15 is 0 Å². The Morgan fingerprint density at radius 1 is 1.10 bits per heavy atom. The summed E-state index contributed by atoms with van der Waals surface area (Å²) >= 11 is 0. The lowest BCUT2D eigenvalue weighted by Gasteiger charge is -2.20. The fourth-order valence-corrected chi connectivity index (χ4v) is 3.57. The summed E-state index contributed by atoms with van der Waals surface area (Å²) in [5.41, 5.74) is 4.24. The van der Waals surface area contributed by atoms with Crippen LogP contribution < -0.4 is 10.1 Å². The SMILES string of the molecule is COc1ccc(CC(=O)OCC(=O)N[C@H](C)c2ccc3c(c2)CCCC3)cc1F. The number of hydrogen-bond donors (Lipinski definition) is 1. The molecule has 0 unspecified atom stereocenters. The van der Waals surface area contributed by atoms with E-state index in [0.29, 0.717) is 5.56 Å². The molecule has 0 bridgehead atoms. The lowest BCUT2D eigenvalue weighted by Crippen LogP contribution is -2.31. The summed E-state index contributed by atoms with van der Waals surface area (Å²) in [5, 5.41) is 2.85. The van der Waals surface area contributed by atoms with Gasteiger partial charge in [-0.25, -0.2) is 4.39 Å². The molecule has 0 fully saturated rings. The van der Waals surface area contributed by atoms with Gasteiger partial charge in [-0.2, -0.15) is 0 Å². The predicted molar refractivity (Wildman–Crippen MR) is 107 cm³/mol. The highest BCUT2D eigenvalue weighted by atomic mass is 19.1. The predicted octanol–water partition coefficient (Wildman–Crippen LogP) is 3.68. The zero-order valence-corrected chi connectivity index (χ0v) is 16.8. The van der Waals surface area contributed by atoms with Crippen molar-refractivity contribution in [2.24, 2.45) is 0 Å². The highest BCUT2D eigenvalue weighted by molar-refractivity contribution is 5.81. The number of esters is 1. The lowest BCUT2D eigenvalue weighted by atomic mass is 9.89. The maximum atomic E-state index is 13.7. The number of nitrogens with one attached hydrogen (secondary N) is 1. The van der Waals surface area contributed by atoms with Gasteiger partial charge in [-0.3, -0.25) is 9.59 Å². The van der Waals surface area contributed by atoms with Crippen LogP contribution in [0.25, 0.3) is 0 Å². The molecule has 0 spiro atoms. The molecule has 1 amide bonds. The number of carbonyl (C=O) groups is 2. The van der Waals surface area contributed by atoms with Gasteiger partial charge < -0.3 is 14.8 Å². The van der Waals surface area contributed by atoms with Crippen LogP contribution in [-0.4, -0.2) is 25.6 Å². The number of halogens is 1. The maximum Gasteiger partial charge on any atom is 0.310 e. The molecule has 1 atom stereocenters. The summed E-state index contributed by atoms with van der Waals surface area (Å²) in [6.07, 6.45) is 4.50. The largest absolute Gasteiger partial charge is 0.494 e. The number of hydrogen-bond acceptors (Lipinski definition) is 4. The standard InChI is InChI=1S/C23H26FNO4/c1-15(18-9-8-17-5-3-4-6-19(17)13-18)25-22(26)14-29-23(27)12-16-7-10-21(28-2)20(24)11-16/h7-11,13,15H,3-6,12,14H2,1-2H3,(H,25,26)/t15-/m1/s1. The van der Waals surface area contributed by atoms with Crippen molar-refractivity contribution in [2.75, 3.05) is 13.7 Å². The molecule has 1 aliphatic carbocycles. The zero-order chi connectivity index (χ0) is 20.8. The van der Waals surface area contributed by atoms with Gasteiger partial charge in [0.2, 0.25) is 0 Å². The normalized spacial score (nSPS) is 13.9. The summed E-state index contributed by atoms with van der Waals surface area (Å²) in [6, 6.07) is 10.4. The quantitative estimate of drug-likeness (QED) is 0.722. The van der Waals surface area contributed by atoms with Crippen LogP contribution >= 0.6 is 0 Å². The van der Waals surface area contributed by atoms with Crippen molar-refractivity contribution in [3.8, 4) is 5.75 Å². The third-order valence-corrected chi connectivity index (χ3v) is 5.18. The van der Waals surface area contributed by atoms with Gasteiger partial charge >= 0.3 is 5.97 Å². The molecule has 0 aromatic heterocycles. The lowest BCUT2D eigenvalue weighted by molar-refractivity contribution is -0.148. The first-order valence-corrected chi connectivity index (χ1v) is 9.85. The van der Waals surface area contributed by atoms with Gasteiger partial charge in [-0.15, -0.1) is 0 Å². The Morgan fingerprint density at radius 3 is 2.59 bits per heavy atom. The van der Waals surface area contributed by atoms with Crippen molar-refractivity contribution in [1.29, 1.82) is 0 Å². The average molecular weight is 399 g/mol. The Labute approximate surface area is 170 Å². The van der Waals surface area contributed by atoms with Gasteiger partial charge in [0.1, 0.15) is 0 Å². The molecular formula is C23H26FNO4. The maximum absolute atomic E-state index is 13.7. The molecule has 5 nitrogen and oxygen atoms in total. The summed E-state index contributed by atoms with van der Waals surface area (Å²) in [6.45, 7) is 1.54. The minimum atomic E-state index is -0.592. The smallest absolute Gasteiger partial charge is 0.310 e. The topological polar surface area (TPSA) is 64.6 Å². The Balaban J connectivity index is 1.47. The van der Waals surface area contributed by atoms with Gasteiger partial charge in [0.15, 0.2) is 18.2 Å². The van der Waals surface area contributed by atoms with Crippen LogP contribution in [0, 0.1) is 5.82 Å². The molecule has 0 radical (unpaired) electrons. The molecule has 3 rings (SSSR count). The minimum Gasteiger partial charge on any atom is -0.494 e. The molecular weight excluding hydrogens is 373 g/mol. The van der Waals surface area contributed by atoms with Crippen molar-refractivity contribution in [2.45, 2.75) is 45.1 Å². The number of benzene rings is 2. The van der Waals surface area contributed by atoms with E-state index in [-0.39, 0.29) is 30.7 Å². The number of rotatable bonds is 7. The Hall–Kier alpha value is -2.89. The van der Waals surface area contributed by atoms with E-state index in [1.807, 2.05) is 13.0 Å². The second kappa shape index (κ2) is 9.54. The molecule has 29 heavy (non-hydrogen) atoms. The molecule has 2 aromatic carbocycles. The van der Waals surface area contributed by atoms with Gasteiger partial charge in [0.25, 0.3) is 5.91 Å².